The minimum Gasteiger partial charge on any atom is -0.409 e. The number of amidine groups is 1. The summed E-state index contributed by atoms with van der Waals surface area (Å²) in [6, 6.07) is 0. The van der Waals surface area contributed by atoms with Gasteiger partial charge in [-0.25, -0.2) is 0 Å². The Balaban J connectivity index is 1.93. The molecule has 120 valence electrons. The smallest absolute Gasteiger partial charge is 0.230 e. The lowest BCUT2D eigenvalue weighted by atomic mass is 10.4. The van der Waals surface area contributed by atoms with Crippen LogP contribution in [0.5, 0.6) is 0 Å². The van der Waals surface area contributed by atoms with E-state index in [0.29, 0.717) is 64.5 Å². The van der Waals surface area contributed by atoms with Gasteiger partial charge in [0, 0.05) is 26.2 Å². The van der Waals surface area contributed by atoms with E-state index in [1.54, 1.807) is 0 Å². The Morgan fingerprint density at radius 1 is 0.909 bits per heavy atom. The molecule has 0 bridgehead atoms. The number of nitrogens with zero attached hydrogens (tertiary/aromatic N) is 6. The summed E-state index contributed by atoms with van der Waals surface area (Å²) in [5, 5.41) is 11.9. The van der Waals surface area contributed by atoms with Crippen molar-refractivity contribution >= 4 is 17.7 Å². The number of hydrogen-bond acceptors (Lipinski definition) is 9. The molecule has 2 aliphatic rings. The molecule has 3 rings (SSSR count). The van der Waals surface area contributed by atoms with Crippen LogP contribution in [0.1, 0.15) is 5.82 Å². The topological polar surface area (TPSA) is 122 Å². The second-order valence-corrected chi connectivity index (χ2v) is 4.94. The van der Waals surface area contributed by atoms with Crippen molar-refractivity contribution in [3.63, 3.8) is 0 Å². The Morgan fingerprint density at radius 2 is 1.36 bits per heavy atom. The monoisotopic (exact) mass is 309 g/mol. The molecule has 0 spiro atoms. The third-order valence-electron chi connectivity index (χ3n) is 3.54. The van der Waals surface area contributed by atoms with Crippen LogP contribution in [-0.4, -0.2) is 78.6 Å². The summed E-state index contributed by atoms with van der Waals surface area (Å²) in [4.78, 5) is 17.1. The molecule has 22 heavy (non-hydrogen) atoms. The molecule has 0 amide bonds. The van der Waals surface area contributed by atoms with E-state index in [9.17, 15) is 0 Å². The highest BCUT2D eigenvalue weighted by atomic mass is 16.5. The van der Waals surface area contributed by atoms with Crippen LogP contribution in [0, 0.1) is 0 Å². The average Bonchev–Trinajstić information content (AvgIpc) is 2.62. The molecule has 3 heterocycles. The molecule has 3 N–H and O–H groups in total. The second kappa shape index (κ2) is 6.71. The largest absolute Gasteiger partial charge is 0.409 e. The zero-order chi connectivity index (χ0) is 15.4. The maximum atomic E-state index is 8.89. The number of nitrogens with two attached hydrogens (primary N) is 1. The first-order chi connectivity index (χ1) is 10.8. The third kappa shape index (κ3) is 3.17. The number of morpholine rings is 2. The molecule has 0 saturated carbocycles. The molecule has 0 aromatic carbocycles. The van der Waals surface area contributed by atoms with Crippen molar-refractivity contribution in [3.8, 4) is 0 Å². The van der Waals surface area contributed by atoms with E-state index in [0.717, 1.165) is 0 Å². The average molecular weight is 309 g/mol. The number of rotatable bonds is 3. The zero-order valence-electron chi connectivity index (χ0n) is 12.2. The molecule has 0 atom stereocenters. The fraction of sp³-hybridized carbons (Fsp3) is 0.667. The number of oxime groups is 1. The highest BCUT2D eigenvalue weighted by Crippen LogP contribution is 2.16. The second-order valence-electron chi connectivity index (χ2n) is 4.94. The Hall–Kier alpha value is -2.20. The van der Waals surface area contributed by atoms with Gasteiger partial charge in [0.15, 0.2) is 0 Å². The molecule has 0 radical (unpaired) electrons. The SMILES string of the molecule is NC(=NO)c1nc(N2CCOCC2)nc(N2CCOCC2)n1. The normalized spacial score (nSPS) is 20.3. The van der Waals surface area contributed by atoms with E-state index in [1.165, 1.54) is 0 Å². The van der Waals surface area contributed by atoms with E-state index in [2.05, 4.69) is 20.1 Å². The van der Waals surface area contributed by atoms with Gasteiger partial charge in [-0.1, -0.05) is 5.16 Å². The molecule has 0 unspecified atom stereocenters. The Bertz CT molecular complexity index is 505. The number of aromatic nitrogens is 3. The Labute approximate surface area is 127 Å². The Morgan fingerprint density at radius 3 is 1.77 bits per heavy atom. The molecule has 2 fully saturated rings. The van der Waals surface area contributed by atoms with Gasteiger partial charge in [-0.2, -0.15) is 15.0 Å². The van der Waals surface area contributed by atoms with E-state index in [4.69, 9.17) is 20.4 Å². The van der Waals surface area contributed by atoms with Crippen LogP contribution in [0.4, 0.5) is 11.9 Å². The first-order valence-corrected chi connectivity index (χ1v) is 7.17. The predicted molar refractivity (Wildman–Crippen MR) is 78.4 cm³/mol. The van der Waals surface area contributed by atoms with Gasteiger partial charge in [0.25, 0.3) is 0 Å². The van der Waals surface area contributed by atoms with Crippen LogP contribution in [0.25, 0.3) is 0 Å². The molecule has 2 aliphatic heterocycles. The number of hydrogen-bond donors (Lipinski definition) is 2. The summed E-state index contributed by atoms with van der Waals surface area (Å²) in [7, 11) is 0. The van der Waals surface area contributed by atoms with E-state index in [-0.39, 0.29) is 11.7 Å². The lowest BCUT2D eigenvalue weighted by Crippen LogP contribution is -2.40. The van der Waals surface area contributed by atoms with Crippen LogP contribution in [0.3, 0.4) is 0 Å². The summed E-state index contributed by atoms with van der Waals surface area (Å²) in [5.41, 5.74) is 5.65. The zero-order valence-corrected chi connectivity index (χ0v) is 12.2. The van der Waals surface area contributed by atoms with E-state index in [1.807, 2.05) is 9.80 Å². The van der Waals surface area contributed by atoms with Crippen LogP contribution >= 0.6 is 0 Å². The van der Waals surface area contributed by atoms with Gasteiger partial charge < -0.3 is 30.2 Å². The van der Waals surface area contributed by atoms with Crippen molar-refractivity contribution in [2.45, 2.75) is 0 Å². The fourth-order valence-corrected chi connectivity index (χ4v) is 2.32. The highest BCUT2D eigenvalue weighted by molar-refractivity contribution is 5.93. The quantitative estimate of drug-likeness (QED) is 0.301. The van der Waals surface area contributed by atoms with Gasteiger partial charge >= 0.3 is 0 Å². The molecule has 2 saturated heterocycles. The van der Waals surface area contributed by atoms with Crippen LogP contribution in [0.15, 0.2) is 5.16 Å². The summed E-state index contributed by atoms with van der Waals surface area (Å²) in [6.45, 7) is 5.28. The summed E-state index contributed by atoms with van der Waals surface area (Å²) in [6.07, 6.45) is 0. The van der Waals surface area contributed by atoms with Crippen LogP contribution in [-0.2, 0) is 9.47 Å². The van der Waals surface area contributed by atoms with Gasteiger partial charge in [-0.3, -0.25) is 0 Å². The van der Waals surface area contributed by atoms with E-state index < -0.39 is 0 Å². The number of anilines is 2. The van der Waals surface area contributed by atoms with Crippen LogP contribution in [0.2, 0.25) is 0 Å². The van der Waals surface area contributed by atoms with Crippen molar-refractivity contribution < 1.29 is 14.7 Å². The summed E-state index contributed by atoms with van der Waals surface area (Å²) >= 11 is 0. The van der Waals surface area contributed by atoms with Gasteiger partial charge in [-0.15, -0.1) is 0 Å². The molecule has 0 aliphatic carbocycles. The van der Waals surface area contributed by atoms with Crippen molar-refractivity contribution in [2.75, 3.05) is 62.4 Å². The first kappa shape index (κ1) is 14.7. The van der Waals surface area contributed by atoms with Crippen LogP contribution < -0.4 is 15.5 Å². The van der Waals surface area contributed by atoms with Crippen molar-refractivity contribution in [1.82, 2.24) is 15.0 Å². The first-order valence-electron chi connectivity index (χ1n) is 7.17. The lowest BCUT2D eigenvalue weighted by molar-refractivity contribution is 0.121. The predicted octanol–water partition coefficient (Wildman–Crippen LogP) is -1.36. The summed E-state index contributed by atoms with van der Waals surface area (Å²) < 4.78 is 10.7. The maximum Gasteiger partial charge on any atom is 0.230 e. The molecule has 1 aromatic heterocycles. The van der Waals surface area contributed by atoms with Gasteiger partial charge in [0.1, 0.15) is 0 Å². The summed E-state index contributed by atoms with van der Waals surface area (Å²) in [5.74, 6) is 1.06. The highest BCUT2D eigenvalue weighted by Gasteiger charge is 2.21. The maximum absolute atomic E-state index is 8.89. The molecule has 10 heteroatoms. The molecular formula is C12H19N7O3. The molecule has 10 nitrogen and oxygen atoms in total. The van der Waals surface area contributed by atoms with Gasteiger partial charge in [-0.05, 0) is 0 Å². The van der Waals surface area contributed by atoms with Crippen molar-refractivity contribution in [1.29, 1.82) is 0 Å². The fourth-order valence-electron chi connectivity index (χ4n) is 2.32. The van der Waals surface area contributed by atoms with Crippen molar-refractivity contribution in [2.24, 2.45) is 10.9 Å². The molecule has 1 aromatic rings. The third-order valence-corrected chi connectivity index (χ3v) is 3.54. The van der Waals surface area contributed by atoms with Gasteiger partial charge in [0.05, 0.1) is 26.4 Å². The Kier molecular flexibility index (Phi) is 4.49. The lowest BCUT2D eigenvalue weighted by Gasteiger charge is -2.30. The minimum atomic E-state index is -0.133. The molecular weight excluding hydrogens is 290 g/mol. The minimum absolute atomic E-state index is 0.133. The standard InChI is InChI=1S/C12H19N7O3/c13-9(17-20)10-14-11(18-1-5-21-6-2-18)16-12(15-10)19-3-7-22-8-4-19/h20H,1-8H2,(H2,13,17). The van der Waals surface area contributed by atoms with Crippen molar-refractivity contribution in [3.05, 3.63) is 5.82 Å². The number of ether oxygens (including phenoxy) is 2. The van der Waals surface area contributed by atoms with E-state index >= 15 is 0 Å². The van der Waals surface area contributed by atoms with Gasteiger partial charge in [0.2, 0.25) is 23.6 Å².